The largest absolute Gasteiger partial charge is 0.381 e. The Balaban J connectivity index is 2.09. The van der Waals surface area contributed by atoms with Crippen LogP contribution >= 0.6 is 12.2 Å². The number of thiocarbonyl (C=S) groups is 1. The molecule has 70 valence electrons. The van der Waals surface area contributed by atoms with Crippen LogP contribution in [-0.2, 0) is 4.74 Å². The normalized spacial score (nSPS) is 23.2. The average molecular weight is 188 g/mol. The summed E-state index contributed by atoms with van der Waals surface area (Å²) in [6.07, 6.45) is 2.43. The highest BCUT2D eigenvalue weighted by molar-refractivity contribution is 7.80. The molecule has 0 aliphatic carbocycles. The summed E-state index contributed by atoms with van der Waals surface area (Å²) >= 11 is 4.96. The Morgan fingerprint density at radius 2 is 2.50 bits per heavy atom. The number of nitrogens with one attached hydrogen (secondary N) is 2. The lowest BCUT2D eigenvalue weighted by Gasteiger charge is -2.22. The SMILES string of the molecule is CNC(=S)NCC1CCCOC1. The molecule has 1 atom stereocenters. The van der Waals surface area contributed by atoms with E-state index in [1.807, 2.05) is 7.05 Å². The van der Waals surface area contributed by atoms with Crippen LogP contribution in [0.2, 0.25) is 0 Å². The number of hydrogen-bond donors (Lipinski definition) is 2. The summed E-state index contributed by atoms with van der Waals surface area (Å²) < 4.78 is 5.34. The van der Waals surface area contributed by atoms with Gasteiger partial charge >= 0.3 is 0 Å². The van der Waals surface area contributed by atoms with Gasteiger partial charge in [-0.05, 0) is 31.0 Å². The van der Waals surface area contributed by atoms with Crippen LogP contribution < -0.4 is 10.6 Å². The van der Waals surface area contributed by atoms with Gasteiger partial charge in [0.25, 0.3) is 0 Å². The molecule has 0 bridgehead atoms. The van der Waals surface area contributed by atoms with Gasteiger partial charge in [-0.3, -0.25) is 0 Å². The minimum Gasteiger partial charge on any atom is -0.381 e. The van der Waals surface area contributed by atoms with Gasteiger partial charge in [-0.25, -0.2) is 0 Å². The zero-order valence-electron chi connectivity index (χ0n) is 7.43. The van der Waals surface area contributed by atoms with Gasteiger partial charge in [0.2, 0.25) is 0 Å². The number of ether oxygens (including phenoxy) is 1. The van der Waals surface area contributed by atoms with Gasteiger partial charge < -0.3 is 15.4 Å². The van der Waals surface area contributed by atoms with Crippen molar-refractivity contribution in [2.75, 3.05) is 26.8 Å². The Morgan fingerprint density at radius 1 is 1.67 bits per heavy atom. The molecule has 1 aliphatic heterocycles. The third-order valence-electron chi connectivity index (χ3n) is 2.03. The molecule has 12 heavy (non-hydrogen) atoms. The molecule has 1 rings (SSSR count). The van der Waals surface area contributed by atoms with Crippen molar-refractivity contribution in [2.24, 2.45) is 5.92 Å². The fourth-order valence-electron chi connectivity index (χ4n) is 1.29. The lowest BCUT2D eigenvalue weighted by atomic mass is 10.0. The molecule has 1 saturated heterocycles. The Kier molecular flexibility index (Phi) is 4.32. The first-order chi connectivity index (χ1) is 5.83. The summed E-state index contributed by atoms with van der Waals surface area (Å²) in [5, 5.41) is 6.75. The molecule has 0 aromatic rings. The van der Waals surface area contributed by atoms with Crippen molar-refractivity contribution < 1.29 is 4.74 Å². The van der Waals surface area contributed by atoms with Crippen molar-refractivity contribution in [3.8, 4) is 0 Å². The molecule has 0 amide bonds. The van der Waals surface area contributed by atoms with Crippen molar-refractivity contribution in [3.05, 3.63) is 0 Å². The van der Waals surface area contributed by atoms with Crippen molar-refractivity contribution >= 4 is 17.3 Å². The van der Waals surface area contributed by atoms with E-state index in [-0.39, 0.29) is 0 Å². The first-order valence-electron chi connectivity index (χ1n) is 4.36. The molecule has 1 aliphatic rings. The number of rotatable bonds is 2. The molecule has 0 aromatic carbocycles. The van der Waals surface area contributed by atoms with E-state index in [0.717, 1.165) is 24.9 Å². The van der Waals surface area contributed by atoms with Gasteiger partial charge in [-0.1, -0.05) is 0 Å². The van der Waals surface area contributed by atoms with Crippen LogP contribution in [0.1, 0.15) is 12.8 Å². The van der Waals surface area contributed by atoms with Crippen LogP contribution in [-0.4, -0.2) is 31.9 Å². The van der Waals surface area contributed by atoms with Gasteiger partial charge in [0.1, 0.15) is 0 Å². The molecule has 2 N–H and O–H groups in total. The fraction of sp³-hybridized carbons (Fsp3) is 0.875. The van der Waals surface area contributed by atoms with E-state index < -0.39 is 0 Å². The summed E-state index contributed by atoms with van der Waals surface area (Å²) in [6.45, 7) is 2.73. The summed E-state index contributed by atoms with van der Waals surface area (Å²) in [7, 11) is 1.83. The van der Waals surface area contributed by atoms with Gasteiger partial charge in [0.15, 0.2) is 5.11 Å². The van der Waals surface area contributed by atoms with Crippen molar-refractivity contribution in [2.45, 2.75) is 12.8 Å². The van der Waals surface area contributed by atoms with Gasteiger partial charge in [0, 0.05) is 20.2 Å². The van der Waals surface area contributed by atoms with Crippen LogP contribution in [0.15, 0.2) is 0 Å². The minimum absolute atomic E-state index is 0.630. The van der Waals surface area contributed by atoms with Crippen molar-refractivity contribution in [1.82, 2.24) is 10.6 Å². The lowest BCUT2D eigenvalue weighted by molar-refractivity contribution is 0.0565. The molecule has 4 heteroatoms. The van der Waals surface area contributed by atoms with Gasteiger partial charge in [-0.2, -0.15) is 0 Å². The summed E-state index contributed by atoms with van der Waals surface area (Å²) in [5.41, 5.74) is 0. The van der Waals surface area contributed by atoms with E-state index in [1.54, 1.807) is 0 Å². The van der Waals surface area contributed by atoms with Gasteiger partial charge in [-0.15, -0.1) is 0 Å². The van der Waals surface area contributed by atoms with E-state index in [1.165, 1.54) is 12.8 Å². The minimum atomic E-state index is 0.630. The monoisotopic (exact) mass is 188 g/mol. The van der Waals surface area contributed by atoms with E-state index in [2.05, 4.69) is 10.6 Å². The third-order valence-corrected chi connectivity index (χ3v) is 2.38. The third kappa shape index (κ3) is 3.36. The number of hydrogen-bond acceptors (Lipinski definition) is 2. The molecular weight excluding hydrogens is 172 g/mol. The molecule has 3 nitrogen and oxygen atoms in total. The zero-order valence-corrected chi connectivity index (χ0v) is 8.25. The smallest absolute Gasteiger partial charge is 0.166 e. The van der Waals surface area contributed by atoms with E-state index in [0.29, 0.717) is 5.92 Å². The summed E-state index contributed by atoms with van der Waals surface area (Å²) in [5.74, 6) is 0.630. The summed E-state index contributed by atoms with van der Waals surface area (Å²) in [6, 6.07) is 0. The summed E-state index contributed by atoms with van der Waals surface area (Å²) in [4.78, 5) is 0. The Hall–Kier alpha value is -0.350. The van der Waals surface area contributed by atoms with Crippen molar-refractivity contribution in [3.63, 3.8) is 0 Å². The van der Waals surface area contributed by atoms with Crippen molar-refractivity contribution in [1.29, 1.82) is 0 Å². The second-order valence-electron chi connectivity index (χ2n) is 3.04. The molecule has 0 saturated carbocycles. The fourth-order valence-corrected chi connectivity index (χ4v) is 1.38. The second kappa shape index (κ2) is 5.32. The highest BCUT2D eigenvalue weighted by atomic mass is 32.1. The van der Waals surface area contributed by atoms with Crippen LogP contribution in [0, 0.1) is 5.92 Å². The molecule has 1 heterocycles. The Morgan fingerprint density at radius 3 is 3.08 bits per heavy atom. The first kappa shape index (κ1) is 9.74. The zero-order chi connectivity index (χ0) is 8.81. The predicted molar refractivity (Wildman–Crippen MR) is 53.2 cm³/mol. The highest BCUT2D eigenvalue weighted by Crippen LogP contribution is 2.11. The lowest BCUT2D eigenvalue weighted by Crippen LogP contribution is -2.38. The van der Waals surface area contributed by atoms with E-state index in [9.17, 15) is 0 Å². The quantitative estimate of drug-likeness (QED) is 0.619. The molecule has 0 aromatic heterocycles. The molecule has 0 spiro atoms. The van der Waals surface area contributed by atoms with Crippen LogP contribution in [0.25, 0.3) is 0 Å². The highest BCUT2D eigenvalue weighted by Gasteiger charge is 2.13. The second-order valence-corrected chi connectivity index (χ2v) is 3.45. The van der Waals surface area contributed by atoms with E-state index in [4.69, 9.17) is 17.0 Å². The van der Waals surface area contributed by atoms with Gasteiger partial charge in [0.05, 0.1) is 6.61 Å². The van der Waals surface area contributed by atoms with Crippen LogP contribution in [0.3, 0.4) is 0 Å². The maximum absolute atomic E-state index is 5.34. The topological polar surface area (TPSA) is 33.3 Å². The first-order valence-corrected chi connectivity index (χ1v) is 4.77. The Bertz CT molecular complexity index is 146. The molecule has 1 unspecified atom stereocenters. The Labute approximate surface area is 78.9 Å². The maximum Gasteiger partial charge on any atom is 0.166 e. The van der Waals surface area contributed by atoms with E-state index >= 15 is 0 Å². The predicted octanol–water partition coefficient (Wildman–Crippen LogP) is 0.507. The van der Waals surface area contributed by atoms with Crippen LogP contribution in [0.5, 0.6) is 0 Å². The van der Waals surface area contributed by atoms with Crippen LogP contribution in [0.4, 0.5) is 0 Å². The molecule has 0 radical (unpaired) electrons. The molecule has 1 fully saturated rings. The molecular formula is C8H16N2OS. The standard InChI is InChI=1S/C8H16N2OS/c1-9-8(12)10-5-7-3-2-4-11-6-7/h7H,2-6H2,1H3,(H2,9,10,12). The average Bonchev–Trinajstić information content (AvgIpc) is 2.16. The maximum atomic E-state index is 5.34.